The Hall–Kier alpha value is -1.74. The average molecular weight is 448 g/mol. The maximum Gasteiger partial charge on any atom is 0.245 e. The molecule has 1 fully saturated rings. The van der Waals surface area contributed by atoms with Gasteiger partial charge in [0.1, 0.15) is 4.90 Å². The van der Waals surface area contributed by atoms with Crippen LogP contribution >= 0.6 is 11.3 Å². The predicted octanol–water partition coefficient (Wildman–Crippen LogP) is 3.70. The first-order valence-corrected chi connectivity index (χ1v) is 12.9. The number of carbonyl (C=O) groups is 1. The highest BCUT2D eigenvalue weighted by Gasteiger charge is 2.31. The van der Waals surface area contributed by atoms with Crippen molar-refractivity contribution in [1.29, 1.82) is 0 Å². The number of sulfonamides is 1. The number of para-hydroxylation sites is 1. The van der Waals surface area contributed by atoms with E-state index in [9.17, 15) is 13.2 Å². The van der Waals surface area contributed by atoms with Gasteiger partial charge in [-0.05, 0) is 48.4 Å². The zero-order valence-electron chi connectivity index (χ0n) is 17.3. The number of rotatable bonds is 6. The van der Waals surface area contributed by atoms with E-state index in [0.29, 0.717) is 5.69 Å². The highest BCUT2D eigenvalue weighted by molar-refractivity contribution is 7.89. The molecule has 1 aromatic carbocycles. The summed E-state index contributed by atoms with van der Waals surface area (Å²) in [7, 11) is -2.01. The van der Waals surface area contributed by atoms with E-state index in [1.165, 1.54) is 21.2 Å². The number of amides is 1. The maximum absolute atomic E-state index is 13.3. The van der Waals surface area contributed by atoms with Crippen molar-refractivity contribution in [2.24, 2.45) is 0 Å². The molecular formula is C22H29N3O3S2. The van der Waals surface area contributed by atoms with Crippen LogP contribution in [-0.4, -0.2) is 49.7 Å². The SMILES string of the molecule is CN(C1CCCCC1)S(=O)(=O)c1ccccc1NC(=O)CN1CCc2sccc2C1. The summed E-state index contributed by atoms with van der Waals surface area (Å²) in [6, 6.07) is 8.87. The number of carbonyl (C=O) groups excluding carboxylic acids is 1. The number of thiophene rings is 1. The van der Waals surface area contributed by atoms with Crippen LogP contribution < -0.4 is 5.32 Å². The van der Waals surface area contributed by atoms with Crippen LogP contribution in [0.15, 0.2) is 40.6 Å². The molecule has 1 N–H and O–H groups in total. The van der Waals surface area contributed by atoms with Crippen LogP contribution in [0.4, 0.5) is 5.69 Å². The number of nitrogens with one attached hydrogen (secondary N) is 1. The molecule has 1 aliphatic carbocycles. The van der Waals surface area contributed by atoms with E-state index in [-0.39, 0.29) is 23.4 Å². The third-order valence-electron chi connectivity index (χ3n) is 6.16. The van der Waals surface area contributed by atoms with Gasteiger partial charge in [0.15, 0.2) is 0 Å². The van der Waals surface area contributed by atoms with Crippen LogP contribution in [0.5, 0.6) is 0 Å². The summed E-state index contributed by atoms with van der Waals surface area (Å²) in [6.07, 6.45) is 6.03. The minimum atomic E-state index is -3.67. The second-order valence-corrected chi connectivity index (χ2v) is 11.2. The molecule has 0 saturated heterocycles. The first-order chi connectivity index (χ1) is 14.4. The Labute approximate surface area is 182 Å². The van der Waals surface area contributed by atoms with Crippen molar-refractivity contribution in [3.63, 3.8) is 0 Å². The van der Waals surface area contributed by atoms with Gasteiger partial charge in [0, 0.05) is 31.1 Å². The molecule has 162 valence electrons. The minimum Gasteiger partial charge on any atom is -0.324 e. The monoisotopic (exact) mass is 447 g/mol. The Morgan fingerprint density at radius 2 is 1.97 bits per heavy atom. The summed E-state index contributed by atoms with van der Waals surface area (Å²) in [5, 5.41) is 4.95. The summed E-state index contributed by atoms with van der Waals surface area (Å²) in [6.45, 7) is 1.85. The van der Waals surface area contributed by atoms with Crippen molar-refractivity contribution in [2.45, 2.75) is 56.0 Å². The second kappa shape index (κ2) is 9.18. The van der Waals surface area contributed by atoms with E-state index in [1.54, 1.807) is 42.6 Å². The minimum absolute atomic E-state index is 0.0284. The standard InChI is InChI=1S/C22H29N3O3S2/c1-24(18-7-3-2-4-8-18)30(27,28)21-10-6-5-9-19(21)23-22(26)16-25-13-11-20-17(15-25)12-14-29-20/h5-6,9-10,12,14,18H,2-4,7-8,11,13,15-16H2,1H3,(H,23,26). The van der Waals surface area contributed by atoms with Crippen LogP contribution in [-0.2, 0) is 27.8 Å². The smallest absolute Gasteiger partial charge is 0.245 e. The zero-order chi connectivity index (χ0) is 21.1. The molecule has 1 aromatic heterocycles. The van der Waals surface area contributed by atoms with Crippen molar-refractivity contribution >= 4 is 33.0 Å². The average Bonchev–Trinajstić information content (AvgIpc) is 3.22. The topological polar surface area (TPSA) is 69.7 Å². The van der Waals surface area contributed by atoms with Crippen LogP contribution in [0.2, 0.25) is 0 Å². The summed E-state index contributed by atoms with van der Waals surface area (Å²) < 4.78 is 28.1. The Bertz CT molecular complexity index is 997. The van der Waals surface area contributed by atoms with Crippen molar-refractivity contribution < 1.29 is 13.2 Å². The summed E-state index contributed by atoms with van der Waals surface area (Å²) >= 11 is 1.77. The quantitative estimate of drug-likeness (QED) is 0.733. The lowest BCUT2D eigenvalue weighted by Gasteiger charge is -2.31. The fraction of sp³-hybridized carbons (Fsp3) is 0.500. The lowest BCUT2D eigenvalue weighted by molar-refractivity contribution is -0.117. The largest absolute Gasteiger partial charge is 0.324 e. The van der Waals surface area contributed by atoms with E-state index in [2.05, 4.69) is 21.7 Å². The molecule has 2 aliphatic rings. The lowest BCUT2D eigenvalue weighted by Crippen LogP contribution is -2.39. The van der Waals surface area contributed by atoms with Gasteiger partial charge in [-0.1, -0.05) is 31.4 Å². The number of benzene rings is 1. The van der Waals surface area contributed by atoms with Gasteiger partial charge < -0.3 is 5.32 Å². The van der Waals surface area contributed by atoms with Gasteiger partial charge in [-0.3, -0.25) is 9.69 Å². The first-order valence-electron chi connectivity index (χ1n) is 10.6. The van der Waals surface area contributed by atoms with Gasteiger partial charge in [-0.15, -0.1) is 11.3 Å². The molecular weight excluding hydrogens is 418 g/mol. The molecule has 0 spiro atoms. The fourth-order valence-corrected chi connectivity index (χ4v) is 6.88. The number of fused-ring (bicyclic) bond motifs is 1. The van der Waals surface area contributed by atoms with Crippen molar-refractivity contribution in [1.82, 2.24) is 9.21 Å². The lowest BCUT2D eigenvalue weighted by atomic mass is 9.96. The molecule has 8 heteroatoms. The van der Waals surface area contributed by atoms with E-state index in [4.69, 9.17) is 0 Å². The molecule has 1 amide bonds. The Kier molecular flexibility index (Phi) is 6.57. The highest BCUT2D eigenvalue weighted by atomic mass is 32.2. The van der Waals surface area contributed by atoms with Gasteiger partial charge in [-0.25, -0.2) is 8.42 Å². The van der Waals surface area contributed by atoms with Crippen LogP contribution in [0.1, 0.15) is 42.5 Å². The van der Waals surface area contributed by atoms with Crippen LogP contribution in [0, 0.1) is 0 Å². The van der Waals surface area contributed by atoms with Gasteiger partial charge >= 0.3 is 0 Å². The van der Waals surface area contributed by atoms with Crippen LogP contribution in [0.3, 0.4) is 0 Å². The molecule has 1 aliphatic heterocycles. The van der Waals surface area contributed by atoms with Crippen LogP contribution in [0.25, 0.3) is 0 Å². The third-order valence-corrected chi connectivity index (χ3v) is 9.15. The number of nitrogens with zero attached hydrogens (tertiary/aromatic N) is 2. The molecule has 2 heterocycles. The molecule has 6 nitrogen and oxygen atoms in total. The summed E-state index contributed by atoms with van der Waals surface area (Å²) in [4.78, 5) is 16.4. The number of anilines is 1. The molecule has 0 atom stereocenters. The fourth-order valence-electron chi connectivity index (χ4n) is 4.43. The van der Waals surface area contributed by atoms with Gasteiger partial charge in [0.05, 0.1) is 12.2 Å². The van der Waals surface area contributed by atoms with Crippen molar-refractivity contribution in [3.05, 3.63) is 46.2 Å². The highest BCUT2D eigenvalue weighted by Crippen LogP contribution is 2.30. The Morgan fingerprint density at radius 3 is 2.77 bits per heavy atom. The summed E-state index contributed by atoms with van der Waals surface area (Å²) in [5.41, 5.74) is 1.65. The molecule has 4 rings (SSSR count). The van der Waals surface area contributed by atoms with Gasteiger partial charge in [-0.2, -0.15) is 4.31 Å². The zero-order valence-corrected chi connectivity index (χ0v) is 19.0. The first kappa shape index (κ1) is 21.5. The Balaban J connectivity index is 1.45. The summed E-state index contributed by atoms with van der Waals surface area (Å²) in [5.74, 6) is -0.184. The van der Waals surface area contributed by atoms with Gasteiger partial charge in [0.2, 0.25) is 15.9 Å². The number of hydrogen-bond donors (Lipinski definition) is 1. The van der Waals surface area contributed by atoms with Gasteiger partial charge in [0.25, 0.3) is 0 Å². The Morgan fingerprint density at radius 1 is 1.20 bits per heavy atom. The van der Waals surface area contributed by atoms with E-state index < -0.39 is 10.0 Å². The van der Waals surface area contributed by atoms with E-state index in [1.807, 2.05) is 0 Å². The molecule has 1 saturated carbocycles. The second-order valence-electron chi connectivity index (χ2n) is 8.19. The van der Waals surface area contributed by atoms with E-state index >= 15 is 0 Å². The molecule has 0 bridgehead atoms. The molecule has 30 heavy (non-hydrogen) atoms. The van der Waals surface area contributed by atoms with Crippen molar-refractivity contribution in [2.75, 3.05) is 25.5 Å². The van der Waals surface area contributed by atoms with E-state index in [0.717, 1.165) is 45.2 Å². The predicted molar refractivity (Wildman–Crippen MR) is 120 cm³/mol. The molecule has 0 unspecified atom stereocenters. The molecule has 0 radical (unpaired) electrons. The third kappa shape index (κ3) is 4.61. The normalized spacial score (nSPS) is 18.3. The molecule has 2 aromatic rings. The maximum atomic E-state index is 13.3. The number of hydrogen-bond acceptors (Lipinski definition) is 5. The van der Waals surface area contributed by atoms with Crippen molar-refractivity contribution in [3.8, 4) is 0 Å².